The number of benzene rings is 1. The third kappa shape index (κ3) is 2.73. The summed E-state index contributed by atoms with van der Waals surface area (Å²) >= 11 is 0. The third-order valence-electron chi connectivity index (χ3n) is 2.66. The van der Waals surface area contributed by atoms with Crippen molar-refractivity contribution in [3.8, 4) is 5.75 Å². The molecule has 0 atom stereocenters. The number of rotatable bonds is 3. The second-order valence-electron chi connectivity index (χ2n) is 4.33. The highest BCUT2D eigenvalue weighted by molar-refractivity contribution is 5.97. The van der Waals surface area contributed by atoms with E-state index in [-0.39, 0.29) is 11.7 Å². The van der Waals surface area contributed by atoms with Gasteiger partial charge in [-0.3, -0.25) is 4.79 Å². The van der Waals surface area contributed by atoms with Crippen LogP contribution in [0.2, 0.25) is 0 Å². The molecule has 4 nitrogen and oxygen atoms in total. The van der Waals surface area contributed by atoms with Crippen LogP contribution < -0.4 is 10.6 Å². The molecule has 0 unspecified atom stereocenters. The average Bonchev–Trinajstić information content (AvgIpc) is 2.23. The van der Waals surface area contributed by atoms with Crippen LogP contribution in [0.3, 0.4) is 0 Å². The van der Waals surface area contributed by atoms with Gasteiger partial charge in [-0.05, 0) is 39.4 Å². The highest BCUT2D eigenvalue weighted by atomic mass is 16.3. The summed E-state index contributed by atoms with van der Waals surface area (Å²) in [5.74, 6) is 0.0401. The Kier molecular flexibility index (Phi) is 3.55. The zero-order valence-electron chi connectivity index (χ0n) is 10.1. The minimum Gasteiger partial charge on any atom is -0.508 e. The zero-order valence-corrected chi connectivity index (χ0v) is 10.1. The first-order chi connectivity index (χ1) is 7.36. The Hall–Kier alpha value is -1.55. The van der Waals surface area contributed by atoms with E-state index in [9.17, 15) is 9.90 Å². The maximum Gasteiger partial charge on any atom is 0.244 e. The molecule has 1 amide bonds. The van der Waals surface area contributed by atoms with Crippen LogP contribution in [0.5, 0.6) is 5.75 Å². The van der Waals surface area contributed by atoms with Gasteiger partial charge >= 0.3 is 0 Å². The predicted octanol–water partition coefficient (Wildman–Crippen LogP) is 1.64. The van der Waals surface area contributed by atoms with E-state index in [1.165, 1.54) is 0 Å². The lowest BCUT2D eigenvalue weighted by molar-refractivity contribution is -0.121. The van der Waals surface area contributed by atoms with Crippen molar-refractivity contribution >= 4 is 11.6 Å². The number of anilines is 1. The Morgan fingerprint density at radius 3 is 2.50 bits per heavy atom. The fraction of sp³-hybridized carbons (Fsp3) is 0.417. The van der Waals surface area contributed by atoms with Crippen LogP contribution in [0.1, 0.15) is 19.4 Å². The molecular weight excluding hydrogens is 204 g/mol. The summed E-state index contributed by atoms with van der Waals surface area (Å²) in [7, 11) is 1.73. The van der Waals surface area contributed by atoms with Gasteiger partial charge in [0, 0.05) is 11.8 Å². The van der Waals surface area contributed by atoms with Crippen LogP contribution in [0.25, 0.3) is 0 Å². The van der Waals surface area contributed by atoms with Gasteiger partial charge in [-0.1, -0.05) is 6.07 Å². The SMILES string of the molecule is CNC(C)(C)C(=O)Nc1ccc(C)c(O)c1. The summed E-state index contributed by atoms with van der Waals surface area (Å²) in [6.45, 7) is 5.38. The van der Waals surface area contributed by atoms with Crippen LogP contribution in [0, 0.1) is 6.92 Å². The lowest BCUT2D eigenvalue weighted by Crippen LogP contribution is -2.47. The van der Waals surface area contributed by atoms with E-state index in [0.717, 1.165) is 5.56 Å². The van der Waals surface area contributed by atoms with Crippen LogP contribution in [-0.4, -0.2) is 23.6 Å². The van der Waals surface area contributed by atoms with Crippen molar-refractivity contribution in [2.24, 2.45) is 0 Å². The smallest absolute Gasteiger partial charge is 0.244 e. The molecule has 0 aliphatic carbocycles. The Morgan fingerprint density at radius 2 is 2.00 bits per heavy atom. The molecule has 0 aliphatic rings. The van der Waals surface area contributed by atoms with Crippen molar-refractivity contribution in [3.63, 3.8) is 0 Å². The van der Waals surface area contributed by atoms with Crippen molar-refractivity contribution in [1.82, 2.24) is 5.32 Å². The molecule has 1 aromatic rings. The standard InChI is InChI=1S/C12H18N2O2/c1-8-5-6-9(7-10(8)15)14-11(16)12(2,3)13-4/h5-7,13,15H,1-4H3,(H,14,16). The Labute approximate surface area is 95.7 Å². The minimum atomic E-state index is -0.638. The van der Waals surface area contributed by atoms with E-state index in [1.54, 1.807) is 46.0 Å². The fourth-order valence-electron chi connectivity index (χ4n) is 1.09. The topological polar surface area (TPSA) is 61.4 Å². The van der Waals surface area contributed by atoms with E-state index in [4.69, 9.17) is 0 Å². The highest BCUT2D eigenvalue weighted by Gasteiger charge is 2.25. The molecule has 1 rings (SSSR count). The number of aromatic hydroxyl groups is 1. The first-order valence-corrected chi connectivity index (χ1v) is 5.17. The molecule has 0 fully saturated rings. The number of phenolic OH excluding ortho intramolecular Hbond substituents is 1. The molecule has 88 valence electrons. The number of phenols is 1. The molecule has 0 radical (unpaired) electrons. The summed E-state index contributed by atoms with van der Waals surface area (Å²) in [6.07, 6.45) is 0. The van der Waals surface area contributed by atoms with E-state index in [1.807, 2.05) is 0 Å². The molecule has 0 bridgehead atoms. The molecule has 0 spiro atoms. The maximum atomic E-state index is 11.8. The van der Waals surface area contributed by atoms with Gasteiger partial charge < -0.3 is 15.7 Å². The number of amides is 1. The van der Waals surface area contributed by atoms with E-state index >= 15 is 0 Å². The number of nitrogens with one attached hydrogen (secondary N) is 2. The largest absolute Gasteiger partial charge is 0.508 e. The fourth-order valence-corrected chi connectivity index (χ4v) is 1.09. The van der Waals surface area contributed by atoms with Crippen LogP contribution in [0.4, 0.5) is 5.69 Å². The van der Waals surface area contributed by atoms with E-state index < -0.39 is 5.54 Å². The number of carbonyl (C=O) groups is 1. The van der Waals surface area contributed by atoms with Crippen molar-refractivity contribution in [1.29, 1.82) is 0 Å². The summed E-state index contributed by atoms with van der Waals surface area (Å²) in [5, 5.41) is 15.2. The lowest BCUT2D eigenvalue weighted by Gasteiger charge is -2.22. The third-order valence-corrected chi connectivity index (χ3v) is 2.66. The molecule has 4 heteroatoms. The minimum absolute atomic E-state index is 0.141. The summed E-state index contributed by atoms with van der Waals surface area (Å²) < 4.78 is 0. The van der Waals surface area contributed by atoms with Crippen molar-refractivity contribution in [3.05, 3.63) is 23.8 Å². The number of aryl methyl sites for hydroxylation is 1. The number of carbonyl (C=O) groups excluding carboxylic acids is 1. The van der Waals surface area contributed by atoms with Crippen molar-refractivity contribution in [2.75, 3.05) is 12.4 Å². The molecular formula is C12H18N2O2. The second kappa shape index (κ2) is 4.53. The Morgan fingerprint density at radius 1 is 1.38 bits per heavy atom. The molecule has 3 N–H and O–H groups in total. The van der Waals surface area contributed by atoms with Crippen molar-refractivity contribution in [2.45, 2.75) is 26.3 Å². The molecule has 0 saturated heterocycles. The number of hydrogen-bond donors (Lipinski definition) is 3. The summed E-state index contributed by atoms with van der Waals surface area (Å²) in [4.78, 5) is 11.8. The Bertz CT molecular complexity index is 400. The molecule has 0 saturated carbocycles. The first-order valence-electron chi connectivity index (χ1n) is 5.17. The lowest BCUT2D eigenvalue weighted by atomic mass is 10.0. The average molecular weight is 222 g/mol. The van der Waals surface area contributed by atoms with Gasteiger partial charge in [0.2, 0.25) is 5.91 Å². The maximum absolute atomic E-state index is 11.8. The summed E-state index contributed by atoms with van der Waals surface area (Å²) in [5.41, 5.74) is 0.739. The van der Waals surface area contributed by atoms with Gasteiger partial charge in [0.15, 0.2) is 0 Å². The van der Waals surface area contributed by atoms with Gasteiger partial charge in [0.25, 0.3) is 0 Å². The van der Waals surface area contributed by atoms with Gasteiger partial charge in [-0.15, -0.1) is 0 Å². The monoisotopic (exact) mass is 222 g/mol. The van der Waals surface area contributed by atoms with Crippen LogP contribution in [0.15, 0.2) is 18.2 Å². The van der Waals surface area contributed by atoms with Gasteiger partial charge in [0.05, 0.1) is 5.54 Å². The first kappa shape index (κ1) is 12.5. The normalized spacial score (nSPS) is 11.2. The second-order valence-corrected chi connectivity index (χ2v) is 4.33. The number of likely N-dealkylation sites (N-methyl/N-ethyl adjacent to an activating group) is 1. The highest BCUT2D eigenvalue weighted by Crippen LogP contribution is 2.21. The van der Waals surface area contributed by atoms with Gasteiger partial charge in [-0.2, -0.15) is 0 Å². The Balaban J connectivity index is 2.82. The quantitative estimate of drug-likeness (QED) is 0.728. The van der Waals surface area contributed by atoms with Crippen molar-refractivity contribution < 1.29 is 9.90 Å². The van der Waals surface area contributed by atoms with Crippen LogP contribution in [-0.2, 0) is 4.79 Å². The predicted molar refractivity (Wildman–Crippen MR) is 64.6 cm³/mol. The van der Waals surface area contributed by atoms with E-state index in [0.29, 0.717) is 5.69 Å². The molecule has 16 heavy (non-hydrogen) atoms. The molecule has 0 aromatic heterocycles. The molecule has 0 heterocycles. The van der Waals surface area contributed by atoms with Crippen LogP contribution >= 0.6 is 0 Å². The van der Waals surface area contributed by atoms with Gasteiger partial charge in [-0.25, -0.2) is 0 Å². The summed E-state index contributed by atoms with van der Waals surface area (Å²) in [6, 6.07) is 5.06. The molecule has 1 aromatic carbocycles. The number of hydrogen-bond acceptors (Lipinski definition) is 3. The van der Waals surface area contributed by atoms with E-state index in [2.05, 4.69) is 10.6 Å². The zero-order chi connectivity index (χ0) is 12.3. The van der Waals surface area contributed by atoms with Gasteiger partial charge in [0.1, 0.15) is 5.75 Å². The molecule has 0 aliphatic heterocycles.